The summed E-state index contributed by atoms with van der Waals surface area (Å²) in [4.78, 5) is 13.6. The number of hydrogen-bond donors (Lipinski definition) is 0. The lowest BCUT2D eigenvalue weighted by molar-refractivity contribution is -0.135. The van der Waals surface area contributed by atoms with E-state index in [0.717, 1.165) is 0 Å². The Labute approximate surface area is 120 Å². The van der Waals surface area contributed by atoms with E-state index in [1.165, 1.54) is 4.31 Å². The van der Waals surface area contributed by atoms with Crippen molar-refractivity contribution < 1.29 is 13.2 Å². The lowest BCUT2D eigenvalue weighted by atomic mass is 10.2. The molecule has 0 atom stereocenters. The molecule has 1 amide bonds. The molecule has 0 aliphatic carbocycles. The summed E-state index contributed by atoms with van der Waals surface area (Å²) in [6, 6.07) is 0. The van der Waals surface area contributed by atoms with Crippen LogP contribution in [0.2, 0.25) is 0 Å². The zero-order valence-electron chi connectivity index (χ0n) is 11.6. The van der Waals surface area contributed by atoms with Gasteiger partial charge in [-0.3, -0.25) is 4.79 Å². The Morgan fingerprint density at radius 2 is 1.74 bits per heavy atom. The lowest BCUT2D eigenvalue weighted by Gasteiger charge is -2.34. The standard InChI is InChI=1S/C12H23ClN2O3S/c1-11(2)12(16)14-6-8-15(9-7-14)19(17,18)10-4-3-5-13/h11H,3-10H2,1-2H3. The number of rotatable bonds is 6. The Morgan fingerprint density at radius 3 is 2.21 bits per heavy atom. The summed E-state index contributed by atoms with van der Waals surface area (Å²) >= 11 is 5.55. The Balaban J connectivity index is 2.47. The van der Waals surface area contributed by atoms with Crippen LogP contribution in [-0.4, -0.2) is 61.3 Å². The maximum atomic E-state index is 12.1. The first-order valence-electron chi connectivity index (χ1n) is 6.71. The molecule has 112 valence electrons. The van der Waals surface area contributed by atoms with Gasteiger partial charge in [0.25, 0.3) is 0 Å². The summed E-state index contributed by atoms with van der Waals surface area (Å²) in [6.45, 7) is 5.51. The molecular weight excluding hydrogens is 288 g/mol. The van der Waals surface area contributed by atoms with Gasteiger partial charge in [-0.05, 0) is 12.8 Å². The Morgan fingerprint density at radius 1 is 1.16 bits per heavy atom. The second kappa shape index (κ2) is 7.45. The van der Waals surface area contributed by atoms with Gasteiger partial charge in [-0.1, -0.05) is 13.8 Å². The van der Waals surface area contributed by atoms with E-state index in [1.54, 1.807) is 4.90 Å². The molecule has 0 unspecified atom stereocenters. The number of nitrogens with zero attached hydrogens (tertiary/aromatic N) is 2. The van der Waals surface area contributed by atoms with Gasteiger partial charge < -0.3 is 4.90 Å². The van der Waals surface area contributed by atoms with E-state index in [1.807, 2.05) is 13.8 Å². The number of halogens is 1. The van der Waals surface area contributed by atoms with Crippen LogP contribution >= 0.6 is 11.6 Å². The minimum Gasteiger partial charge on any atom is -0.340 e. The molecule has 1 aliphatic heterocycles. The quantitative estimate of drug-likeness (QED) is 0.546. The average molecular weight is 311 g/mol. The monoisotopic (exact) mass is 310 g/mol. The molecule has 0 saturated carbocycles. The topological polar surface area (TPSA) is 57.7 Å². The molecule has 1 heterocycles. The highest BCUT2D eigenvalue weighted by molar-refractivity contribution is 7.89. The van der Waals surface area contributed by atoms with E-state index < -0.39 is 10.0 Å². The second-order valence-electron chi connectivity index (χ2n) is 5.09. The van der Waals surface area contributed by atoms with Gasteiger partial charge in [0.15, 0.2) is 0 Å². The summed E-state index contributed by atoms with van der Waals surface area (Å²) in [5, 5.41) is 0. The van der Waals surface area contributed by atoms with Crippen molar-refractivity contribution in [2.75, 3.05) is 37.8 Å². The highest BCUT2D eigenvalue weighted by atomic mass is 35.5. The van der Waals surface area contributed by atoms with Crippen LogP contribution in [0.1, 0.15) is 26.7 Å². The van der Waals surface area contributed by atoms with Crippen LogP contribution in [0.5, 0.6) is 0 Å². The van der Waals surface area contributed by atoms with Gasteiger partial charge in [-0.15, -0.1) is 11.6 Å². The molecule has 0 spiro atoms. The van der Waals surface area contributed by atoms with E-state index in [4.69, 9.17) is 11.6 Å². The normalized spacial score (nSPS) is 18.0. The third-order valence-corrected chi connectivity index (χ3v) is 5.45. The fraction of sp³-hybridized carbons (Fsp3) is 0.917. The Bertz CT molecular complexity index is 390. The molecular formula is C12H23ClN2O3S. The average Bonchev–Trinajstić information content (AvgIpc) is 2.38. The molecule has 1 saturated heterocycles. The van der Waals surface area contributed by atoms with Crippen LogP contribution in [-0.2, 0) is 14.8 Å². The number of piperazine rings is 1. The molecule has 1 aliphatic rings. The van der Waals surface area contributed by atoms with Crippen molar-refractivity contribution >= 4 is 27.5 Å². The highest BCUT2D eigenvalue weighted by Gasteiger charge is 2.28. The fourth-order valence-corrected chi connectivity index (χ4v) is 3.80. The molecule has 0 radical (unpaired) electrons. The van der Waals surface area contributed by atoms with Gasteiger partial charge in [-0.2, -0.15) is 4.31 Å². The largest absolute Gasteiger partial charge is 0.340 e. The molecule has 0 N–H and O–H groups in total. The van der Waals surface area contributed by atoms with Crippen molar-refractivity contribution in [3.8, 4) is 0 Å². The molecule has 7 heteroatoms. The van der Waals surface area contributed by atoms with Crippen molar-refractivity contribution in [1.82, 2.24) is 9.21 Å². The minimum absolute atomic E-state index is 0.0353. The maximum Gasteiger partial charge on any atom is 0.225 e. The van der Waals surface area contributed by atoms with Crippen molar-refractivity contribution in [3.63, 3.8) is 0 Å². The molecule has 1 fully saturated rings. The predicted octanol–water partition coefficient (Wildman–Crippen LogP) is 1.14. The summed E-state index contributed by atoms with van der Waals surface area (Å²) in [5.74, 6) is 0.704. The van der Waals surface area contributed by atoms with Gasteiger partial charge in [0.05, 0.1) is 5.75 Å². The number of unbranched alkanes of at least 4 members (excludes halogenated alkanes) is 1. The van der Waals surface area contributed by atoms with Gasteiger partial charge in [0, 0.05) is 38.0 Å². The molecule has 0 aromatic carbocycles. The van der Waals surface area contributed by atoms with Gasteiger partial charge >= 0.3 is 0 Å². The second-order valence-corrected chi connectivity index (χ2v) is 7.56. The van der Waals surface area contributed by atoms with Gasteiger partial charge in [0.1, 0.15) is 0 Å². The minimum atomic E-state index is -3.19. The molecule has 1 rings (SSSR count). The number of amides is 1. The van der Waals surface area contributed by atoms with E-state index in [9.17, 15) is 13.2 Å². The fourth-order valence-electron chi connectivity index (χ4n) is 2.06. The van der Waals surface area contributed by atoms with Crippen molar-refractivity contribution in [2.24, 2.45) is 5.92 Å². The summed E-state index contributed by atoms with van der Waals surface area (Å²) in [6.07, 6.45) is 1.31. The van der Waals surface area contributed by atoms with Crippen LogP contribution in [0.3, 0.4) is 0 Å². The first-order chi connectivity index (χ1) is 8.88. The van der Waals surface area contributed by atoms with Crippen molar-refractivity contribution in [2.45, 2.75) is 26.7 Å². The van der Waals surface area contributed by atoms with Crippen LogP contribution < -0.4 is 0 Å². The lowest BCUT2D eigenvalue weighted by Crippen LogP contribution is -2.51. The summed E-state index contributed by atoms with van der Waals surface area (Å²) in [5.41, 5.74) is 0. The van der Waals surface area contributed by atoms with Crippen LogP contribution in [0.4, 0.5) is 0 Å². The van der Waals surface area contributed by atoms with E-state index in [2.05, 4.69) is 0 Å². The van der Waals surface area contributed by atoms with Crippen LogP contribution in [0.15, 0.2) is 0 Å². The van der Waals surface area contributed by atoms with Gasteiger partial charge in [-0.25, -0.2) is 8.42 Å². The van der Waals surface area contributed by atoms with Gasteiger partial charge in [0.2, 0.25) is 15.9 Å². The molecule has 0 bridgehead atoms. The van der Waals surface area contributed by atoms with Crippen LogP contribution in [0, 0.1) is 5.92 Å². The van der Waals surface area contributed by atoms with Crippen molar-refractivity contribution in [1.29, 1.82) is 0 Å². The summed E-state index contributed by atoms with van der Waals surface area (Å²) < 4.78 is 25.6. The molecule has 0 aromatic heterocycles. The molecule has 0 aromatic rings. The number of carbonyl (C=O) groups is 1. The highest BCUT2D eigenvalue weighted by Crippen LogP contribution is 2.12. The third-order valence-electron chi connectivity index (χ3n) is 3.22. The number of hydrogen-bond acceptors (Lipinski definition) is 3. The maximum absolute atomic E-state index is 12.1. The van der Waals surface area contributed by atoms with E-state index in [0.29, 0.717) is 44.9 Å². The van der Waals surface area contributed by atoms with E-state index >= 15 is 0 Å². The Hall–Kier alpha value is -0.330. The number of alkyl halides is 1. The van der Waals surface area contributed by atoms with E-state index in [-0.39, 0.29) is 17.6 Å². The smallest absolute Gasteiger partial charge is 0.225 e. The van der Waals surface area contributed by atoms with Crippen LogP contribution in [0.25, 0.3) is 0 Å². The third kappa shape index (κ3) is 4.93. The number of carbonyl (C=O) groups excluding carboxylic acids is 1. The first kappa shape index (κ1) is 16.7. The SMILES string of the molecule is CC(C)C(=O)N1CCN(S(=O)(=O)CCCCCl)CC1. The predicted molar refractivity (Wildman–Crippen MR) is 76.7 cm³/mol. The zero-order chi connectivity index (χ0) is 14.5. The Kier molecular flexibility index (Phi) is 6.56. The molecule has 19 heavy (non-hydrogen) atoms. The van der Waals surface area contributed by atoms with Crippen molar-refractivity contribution in [3.05, 3.63) is 0 Å². The molecule has 5 nitrogen and oxygen atoms in total. The number of sulfonamides is 1. The summed E-state index contributed by atoms with van der Waals surface area (Å²) in [7, 11) is -3.19. The first-order valence-corrected chi connectivity index (χ1v) is 8.85. The zero-order valence-corrected chi connectivity index (χ0v) is 13.2.